The van der Waals surface area contributed by atoms with Crippen molar-refractivity contribution in [2.45, 2.75) is 65.6 Å². The third-order valence-electron chi connectivity index (χ3n) is 5.24. The Hall–Kier alpha value is -2.75. The van der Waals surface area contributed by atoms with E-state index in [1.54, 1.807) is 11.9 Å². The van der Waals surface area contributed by atoms with Gasteiger partial charge in [0.15, 0.2) is 0 Å². The SMILES string of the molecule is CN(Cc1cc(-c2ccc(C#C[Si](C)(C)C)cc2)c2c(c1CO)CCO2)C(=O)OC(C)(C)C. The Morgan fingerprint density at radius 1 is 1.21 bits per heavy atom. The number of ether oxygens (including phenoxy) is 2. The highest BCUT2D eigenvalue weighted by atomic mass is 28.3. The molecule has 3 rings (SSSR count). The Morgan fingerprint density at radius 3 is 2.45 bits per heavy atom. The molecule has 1 amide bonds. The molecule has 0 aromatic heterocycles. The summed E-state index contributed by atoms with van der Waals surface area (Å²) in [6.07, 6.45) is 0.345. The number of benzene rings is 2. The van der Waals surface area contributed by atoms with Gasteiger partial charge in [0.05, 0.1) is 13.2 Å². The van der Waals surface area contributed by atoms with Crippen molar-refractivity contribution in [2.75, 3.05) is 13.7 Å². The van der Waals surface area contributed by atoms with Crippen LogP contribution >= 0.6 is 0 Å². The highest BCUT2D eigenvalue weighted by Gasteiger charge is 2.26. The lowest BCUT2D eigenvalue weighted by Gasteiger charge is -2.26. The van der Waals surface area contributed by atoms with E-state index >= 15 is 0 Å². The average Bonchev–Trinajstić information content (AvgIpc) is 3.20. The van der Waals surface area contributed by atoms with Crippen LogP contribution in [0.2, 0.25) is 19.6 Å². The van der Waals surface area contributed by atoms with Crippen molar-refractivity contribution >= 4 is 14.2 Å². The van der Waals surface area contributed by atoms with Crippen LogP contribution in [0, 0.1) is 11.5 Å². The zero-order valence-electron chi connectivity index (χ0n) is 20.8. The Kier molecular flexibility index (Phi) is 7.25. The van der Waals surface area contributed by atoms with E-state index in [4.69, 9.17) is 9.47 Å². The van der Waals surface area contributed by atoms with Gasteiger partial charge in [-0.05, 0) is 55.7 Å². The fourth-order valence-electron chi connectivity index (χ4n) is 3.71. The van der Waals surface area contributed by atoms with Crippen molar-refractivity contribution in [1.82, 2.24) is 4.90 Å². The van der Waals surface area contributed by atoms with Crippen LogP contribution in [-0.2, 0) is 24.3 Å². The van der Waals surface area contributed by atoms with E-state index < -0.39 is 19.8 Å². The number of hydrogen-bond acceptors (Lipinski definition) is 4. The highest BCUT2D eigenvalue weighted by molar-refractivity contribution is 6.83. The zero-order valence-corrected chi connectivity index (χ0v) is 21.8. The van der Waals surface area contributed by atoms with Crippen molar-refractivity contribution in [2.24, 2.45) is 0 Å². The lowest BCUT2D eigenvalue weighted by atomic mass is 9.92. The number of amides is 1. The quantitative estimate of drug-likeness (QED) is 0.487. The van der Waals surface area contributed by atoms with Crippen LogP contribution in [-0.4, -0.2) is 43.4 Å². The number of rotatable bonds is 4. The van der Waals surface area contributed by atoms with Crippen LogP contribution in [0.4, 0.5) is 4.79 Å². The van der Waals surface area contributed by atoms with Gasteiger partial charge in [-0.3, -0.25) is 0 Å². The number of aliphatic hydroxyl groups is 1. The maximum atomic E-state index is 12.5. The van der Waals surface area contributed by atoms with Gasteiger partial charge >= 0.3 is 6.09 Å². The first-order valence-electron chi connectivity index (χ1n) is 11.4. The maximum Gasteiger partial charge on any atom is 0.410 e. The molecule has 176 valence electrons. The van der Waals surface area contributed by atoms with Gasteiger partial charge in [-0.25, -0.2) is 4.79 Å². The summed E-state index contributed by atoms with van der Waals surface area (Å²) in [5, 5.41) is 10.1. The predicted molar refractivity (Wildman–Crippen MR) is 135 cm³/mol. The Labute approximate surface area is 198 Å². The molecular formula is C27H35NO4Si. The van der Waals surface area contributed by atoms with Crippen LogP contribution < -0.4 is 4.74 Å². The third-order valence-corrected chi connectivity index (χ3v) is 6.11. The maximum absolute atomic E-state index is 12.5. The van der Waals surface area contributed by atoms with Crippen LogP contribution in [0.3, 0.4) is 0 Å². The lowest BCUT2D eigenvalue weighted by molar-refractivity contribution is 0.0284. The normalized spacial score (nSPS) is 13.0. The minimum absolute atomic E-state index is 0.102. The van der Waals surface area contributed by atoms with Crippen LogP contribution in [0.15, 0.2) is 30.3 Å². The molecule has 2 aromatic rings. The molecular weight excluding hydrogens is 430 g/mol. The average molecular weight is 466 g/mol. The number of fused-ring (bicyclic) bond motifs is 1. The summed E-state index contributed by atoms with van der Waals surface area (Å²) in [6.45, 7) is 13.1. The lowest BCUT2D eigenvalue weighted by Crippen LogP contribution is -2.34. The van der Waals surface area contributed by atoms with Crippen LogP contribution in [0.1, 0.15) is 43.0 Å². The van der Waals surface area contributed by atoms with Gasteiger partial charge in [0.1, 0.15) is 19.4 Å². The summed E-state index contributed by atoms with van der Waals surface area (Å²) in [5.41, 5.74) is 8.57. The highest BCUT2D eigenvalue weighted by Crippen LogP contribution is 2.41. The van der Waals surface area contributed by atoms with Crippen LogP contribution in [0.25, 0.3) is 11.1 Å². The van der Waals surface area contributed by atoms with Crippen molar-refractivity contribution in [3.05, 3.63) is 52.6 Å². The second-order valence-corrected chi connectivity index (χ2v) is 15.3. The largest absolute Gasteiger partial charge is 0.492 e. The molecule has 0 aliphatic carbocycles. The summed E-state index contributed by atoms with van der Waals surface area (Å²) in [4.78, 5) is 14.1. The molecule has 1 aliphatic heterocycles. The topological polar surface area (TPSA) is 59.0 Å². The van der Waals surface area contributed by atoms with Crippen molar-refractivity contribution in [3.63, 3.8) is 0 Å². The van der Waals surface area contributed by atoms with Gasteiger partial charge in [-0.1, -0.05) is 37.7 Å². The van der Waals surface area contributed by atoms with Gasteiger partial charge in [0.25, 0.3) is 0 Å². The molecule has 0 radical (unpaired) electrons. The molecule has 0 spiro atoms. The van der Waals surface area contributed by atoms with E-state index in [2.05, 4.69) is 43.2 Å². The monoisotopic (exact) mass is 465 g/mol. The molecule has 2 aromatic carbocycles. The molecule has 6 heteroatoms. The number of carbonyl (C=O) groups is 1. The molecule has 0 fully saturated rings. The summed E-state index contributed by atoms with van der Waals surface area (Å²) in [5.74, 6) is 4.11. The smallest absolute Gasteiger partial charge is 0.410 e. The molecule has 0 atom stereocenters. The molecule has 0 bridgehead atoms. The van der Waals surface area contributed by atoms with Crippen molar-refractivity contribution in [3.8, 4) is 28.3 Å². The first-order chi connectivity index (χ1) is 15.4. The van der Waals surface area contributed by atoms with E-state index in [-0.39, 0.29) is 6.61 Å². The molecule has 1 heterocycles. The van der Waals surface area contributed by atoms with E-state index in [0.29, 0.717) is 13.2 Å². The first kappa shape index (κ1) is 24.9. The van der Waals surface area contributed by atoms with Gasteiger partial charge in [0, 0.05) is 36.7 Å². The second kappa shape index (κ2) is 9.62. The van der Waals surface area contributed by atoms with E-state index in [1.165, 1.54) is 0 Å². The van der Waals surface area contributed by atoms with Gasteiger partial charge in [-0.2, -0.15) is 0 Å². The zero-order chi connectivity index (χ0) is 24.4. The summed E-state index contributed by atoms with van der Waals surface area (Å²) >= 11 is 0. The minimum Gasteiger partial charge on any atom is -0.492 e. The minimum atomic E-state index is -1.44. The van der Waals surface area contributed by atoms with E-state index in [0.717, 1.165) is 45.6 Å². The molecule has 0 saturated carbocycles. The molecule has 0 unspecified atom stereocenters. The summed E-state index contributed by atoms with van der Waals surface area (Å²) < 4.78 is 11.5. The molecule has 5 nitrogen and oxygen atoms in total. The number of aliphatic hydroxyl groups excluding tert-OH is 1. The second-order valence-electron chi connectivity index (χ2n) is 10.5. The fourth-order valence-corrected chi connectivity index (χ4v) is 4.23. The first-order valence-corrected chi connectivity index (χ1v) is 14.9. The number of hydrogen-bond donors (Lipinski definition) is 1. The number of carbonyl (C=O) groups excluding carboxylic acids is 1. The van der Waals surface area contributed by atoms with Gasteiger partial charge in [0.2, 0.25) is 0 Å². The van der Waals surface area contributed by atoms with E-state index in [9.17, 15) is 9.90 Å². The fraction of sp³-hybridized carbons (Fsp3) is 0.444. The van der Waals surface area contributed by atoms with Gasteiger partial charge < -0.3 is 19.5 Å². The molecule has 1 N–H and O–H groups in total. The van der Waals surface area contributed by atoms with Gasteiger partial charge in [-0.15, -0.1) is 5.54 Å². The van der Waals surface area contributed by atoms with E-state index in [1.807, 2.05) is 39.0 Å². The third kappa shape index (κ3) is 6.40. The Bertz CT molecular complexity index is 1080. The van der Waals surface area contributed by atoms with Crippen LogP contribution in [0.5, 0.6) is 5.75 Å². The summed E-state index contributed by atoms with van der Waals surface area (Å²) in [6, 6.07) is 10.2. The Morgan fingerprint density at radius 2 is 1.88 bits per heavy atom. The predicted octanol–water partition coefficient (Wildman–Crippen LogP) is 5.38. The summed E-state index contributed by atoms with van der Waals surface area (Å²) in [7, 11) is 0.276. The Balaban J connectivity index is 1.97. The number of nitrogens with zero attached hydrogens (tertiary/aromatic N) is 1. The van der Waals surface area contributed by atoms with Crippen molar-refractivity contribution < 1.29 is 19.4 Å². The van der Waals surface area contributed by atoms with Crippen molar-refractivity contribution in [1.29, 1.82) is 0 Å². The standard InChI is InChI=1S/C27H35NO4Si/c1-27(2,3)32-26(30)28(4)17-21-16-23(25-22(12-14-31-25)24(21)18-29)20-10-8-19(9-11-20)13-15-33(5,6)7/h8-11,16,29H,12,14,17-18H2,1-7H3. The molecule has 0 saturated heterocycles. The molecule has 1 aliphatic rings. The molecule has 33 heavy (non-hydrogen) atoms.